The number of hydrogen-bond acceptors (Lipinski definition) is 5. The van der Waals surface area contributed by atoms with E-state index < -0.39 is 11.8 Å². The largest absolute Gasteiger partial charge is 0.320 e. The molecule has 0 spiro atoms. The molecule has 2 rings (SSSR count). The van der Waals surface area contributed by atoms with Crippen molar-refractivity contribution < 1.29 is 8.78 Å². The Morgan fingerprint density at radius 1 is 1.33 bits per heavy atom. The molecule has 0 saturated heterocycles. The number of thiol groups is 1. The molecule has 3 nitrogen and oxygen atoms in total. The third-order valence-electron chi connectivity index (χ3n) is 1.64. The minimum Gasteiger partial charge on any atom is -0.320 e. The van der Waals surface area contributed by atoms with Gasteiger partial charge in [-0.3, -0.25) is 4.98 Å². The van der Waals surface area contributed by atoms with Gasteiger partial charge in [0.1, 0.15) is 10.8 Å². The summed E-state index contributed by atoms with van der Waals surface area (Å²) in [4.78, 5) is 7.28. The average Bonchev–Trinajstić information content (AvgIpc) is 2.60. The Hall–Kier alpha value is -1.21. The van der Waals surface area contributed by atoms with Gasteiger partial charge in [-0.05, 0) is 6.07 Å². The molecule has 0 bridgehead atoms. The number of nitrogens with one attached hydrogen (secondary N) is 1. The number of pyridine rings is 1. The van der Waals surface area contributed by atoms with Gasteiger partial charge in [0.25, 0.3) is 0 Å². The van der Waals surface area contributed by atoms with Gasteiger partial charge >= 0.3 is 0 Å². The van der Waals surface area contributed by atoms with Crippen LogP contribution >= 0.6 is 24.2 Å². The van der Waals surface area contributed by atoms with Crippen LogP contribution in [0.1, 0.15) is 0 Å². The van der Waals surface area contributed by atoms with E-state index in [4.69, 9.17) is 0 Å². The molecule has 0 fully saturated rings. The van der Waals surface area contributed by atoms with Crippen molar-refractivity contribution in [3.63, 3.8) is 0 Å². The summed E-state index contributed by atoms with van der Waals surface area (Å²) in [7, 11) is 0. The van der Waals surface area contributed by atoms with Gasteiger partial charge in [0.15, 0.2) is 5.00 Å². The third-order valence-corrected chi connectivity index (χ3v) is 3.01. The maximum Gasteiger partial charge on any atom is 0.249 e. The Morgan fingerprint density at radius 2 is 2.13 bits per heavy atom. The molecule has 2 aromatic heterocycles. The number of anilines is 1. The van der Waals surface area contributed by atoms with Gasteiger partial charge in [-0.1, -0.05) is 24.2 Å². The second kappa shape index (κ2) is 4.11. The SMILES string of the molecule is Fc1cncc(-c2nc(F)c(NS)s2)c1. The minimum absolute atomic E-state index is 0.192. The van der Waals surface area contributed by atoms with Crippen LogP contribution < -0.4 is 4.72 Å². The zero-order valence-corrected chi connectivity index (χ0v) is 8.95. The van der Waals surface area contributed by atoms with Gasteiger partial charge in [-0.15, -0.1) is 0 Å². The number of nitrogens with zero attached hydrogens (tertiary/aromatic N) is 2. The zero-order chi connectivity index (χ0) is 10.8. The maximum atomic E-state index is 13.1. The predicted molar refractivity (Wildman–Crippen MR) is 57.9 cm³/mol. The lowest BCUT2D eigenvalue weighted by Gasteiger charge is -1.93. The quantitative estimate of drug-likeness (QED) is 0.799. The van der Waals surface area contributed by atoms with Crippen molar-refractivity contribution in [1.29, 1.82) is 0 Å². The fraction of sp³-hybridized carbons (Fsp3) is 0. The zero-order valence-electron chi connectivity index (χ0n) is 7.24. The highest BCUT2D eigenvalue weighted by Gasteiger charge is 2.11. The standard InChI is InChI=1S/C8H5F2N3S2/c9-5-1-4(2-11-3-5)7-12-6(10)8(13-14)15-7/h1-3,13-14H. The van der Waals surface area contributed by atoms with Gasteiger partial charge in [0, 0.05) is 11.8 Å². The van der Waals surface area contributed by atoms with E-state index in [1.165, 1.54) is 12.3 Å². The molecule has 7 heteroatoms. The molecule has 0 amide bonds. The molecule has 0 aliphatic rings. The highest BCUT2D eigenvalue weighted by molar-refractivity contribution is 7.82. The van der Waals surface area contributed by atoms with Gasteiger partial charge < -0.3 is 4.72 Å². The summed E-state index contributed by atoms with van der Waals surface area (Å²) in [5.74, 6) is -1.14. The van der Waals surface area contributed by atoms with Crippen LogP contribution in [0.4, 0.5) is 13.8 Å². The van der Waals surface area contributed by atoms with Crippen LogP contribution in [0.15, 0.2) is 18.5 Å². The van der Waals surface area contributed by atoms with Crippen molar-refractivity contribution >= 4 is 29.2 Å². The Kier molecular flexibility index (Phi) is 2.83. The number of halogens is 2. The second-order valence-electron chi connectivity index (χ2n) is 2.64. The highest BCUT2D eigenvalue weighted by Crippen LogP contribution is 2.31. The van der Waals surface area contributed by atoms with E-state index in [1.54, 1.807) is 0 Å². The van der Waals surface area contributed by atoms with E-state index in [-0.39, 0.29) is 5.00 Å². The van der Waals surface area contributed by atoms with Crippen molar-refractivity contribution in [3.8, 4) is 10.6 Å². The summed E-state index contributed by atoms with van der Waals surface area (Å²) in [6, 6.07) is 1.24. The van der Waals surface area contributed by atoms with Crippen LogP contribution in [0.5, 0.6) is 0 Å². The monoisotopic (exact) mass is 245 g/mol. The van der Waals surface area contributed by atoms with E-state index >= 15 is 0 Å². The van der Waals surface area contributed by atoms with Gasteiger partial charge in [-0.25, -0.2) is 9.37 Å². The fourth-order valence-corrected chi connectivity index (χ4v) is 1.98. The number of thiazole rings is 1. The normalized spacial score (nSPS) is 10.3. The number of aromatic nitrogens is 2. The first kappa shape index (κ1) is 10.3. The summed E-state index contributed by atoms with van der Waals surface area (Å²) in [5.41, 5.74) is 0.439. The fourth-order valence-electron chi connectivity index (χ4n) is 1.02. The molecule has 0 atom stereocenters. The van der Waals surface area contributed by atoms with E-state index in [0.717, 1.165) is 17.5 Å². The van der Waals surface area contributed by atoms with Gasteiger partial charge in [0.05, 0.1) is 6.20 Å². The van der Waals surface area contributed by atoms with Crippen LogP contribution in [0.3, 0.4) is 0 Å². The van der Waals surface area contributed by atoms with Crippen LogP contribution in [0.25, 0.3) is 10.6 Å². The van der Waals surface area contributed by atoms with Crippen LogP contribution in [0, 0.1) is 11.8 Å². The molecule has 2 aromatic rings. The maximum absolute atomic E-state index is 13.1. The Bertz CT molecular complexity index is 486. The van der Waals surface area contributed by atoms with Gasteiger partial charge in [-0.2, -0.15) is 4.39 Å². The summed E-state index contributed by atoms with van der Waals surface area (Å²) in [6.45, 7) is 0. The molecule has 0 unspecified atom stereocenters. The van der Waals surface area contributed by atoms with Crippen LogP contribution in [-0.4, -0.2) is 9.97 Å². The first-order chi connectivity index (χ1) is 7.20. The van der Waals surface area contributed by atoms with Crippen molar-refractivity contribution in [2.45, 2.75) is 0 Å². The lowest BCUT2D eigenvalue weighted by molar-refractivity contribution is 0.597. The van der Waals surface area contributed by atoms with Crippen LogP contribution in [0.2, 0.25) is 0 Å². The average molecular weight is 245 g/mol. The first-order valence-corrected chi connectivity index (χ1v) is 5.14. The van der Waals surface area contributed by atoms with Crippen molar-refractivity contribution in [2.75, 3.05) is 4.72 Å². The molecule has 1 N–H and O–H groups in total. The van der Waals surface area contributed by atoms with Crippen molar-refractivity contribution in [3.05, 3.63) is 30.2 Å². The van der Waals surface area contributed by atoms with E-state index in [1.807, 2.05) is 0 Å². The molecule has 0 aliphatic heterocycles. The summed E-state index contributed by atoms with van der Waals surface area (Å²) >= 11 is 4.76. The molecule has 0 aliphatic carbocycles. The Morgan fingerprint density at radius 3 is 2.73 bits per heavy atom. The van der Waals surface area contributed by atoms with E-state index in [0.29, 0.717) is 10.6 Å². The third kappa shape index (κ3) is 2.07. The van der Waals surface area contributed by atoms with E-state index in [9.17, 15) is 8.78 Å². The van der Waals surface area contributed by atoms with Crippen LogP contribution in [-0.2, 0) is 0 Å². The second-order valence-corrected chi connectivity index (χ2v) is 3.87. The first-order valence-electron chi connectivity index (χ1n) is 3.88. The highest BCUT2D eigenvalue weighted by atomic mass is 32.1. The lowest BCUT2D eigenvalue weighted by Crippen LogP contribution is -1.83. The number of rotatable bonds is 2. The van der Waals surface area contributed by atoms with E-state index in [2.05, 4.69) is 27.5 Å². The molecule has 0 aromatic carbocycles. The molecule has 15 heavy (non-hydrogen) atoms. The molecular formula is C8H5F2N3S2. The lowest BCUT2D eigenvalue weighted by atomic mass is 10.3. The summed E-state index contributed by atoms with van der Waals surface area (Å²) in [6.07, 6.45) is 2.49. The summed E-state index contributed by atoms with van der Waals surface area (Å²) in [5, 5.41) is 0.550. The molecular weight excluding hydrogens is 240 g/mol. The molecule has 0 radical (unpaired) electrons. The van der Waals surface area contributed by atoms with Crippen molar-refractivity contribution in [1.82, 2.24) is 9.97 Å². The molecule has 0 saturated carbocycles. The number of hydrogen-bond donors (Lipinski definition) is 2. The van der Waals surface area contributed by atoms with Gasteiger partial charge in [0.2, 0.25) is 5.95 Å². The Labute approximate surface area is 93.7 Å². The van der Waals surface area contributed by atoms with Crippen molar-refractivity contribution in [2.24, 2.45) is 0 Å². The minimum atomic E-state index is -0.658. The molecule has 78 valence electrons. The Balaban J connectivity index is 2.45. The summed E-state index contributed by atoms with van der Waals surface area (Å²) < 4.78 is 28.3. The smallest absolute Gasteiger partial charge is 0.249 e. The predicted octanol–water partition coefficient (Wildman–Crippen LogP) is 2.74. The molecule has 2 heterocycles. The topological polar surface area (TPSA) is 37.8 Å².